The predicted octanol–water partition coefficient (Wildman–Crippen LogP) is -4.55. The number of nitrogens with zero attached hydrogens (tertiary/aromatic N) is 3. The van der Waals surface area contributed by atoms with Gasteiger partial charge in [-0.05, 0) is 0 Å². The Bertz CT molecular complexity index is 666. The molecule has 0 bridgehead atoms. The minimum Gasteiger partial charge on any atom is -0.446 e. The highest BCUT2D eigenvalue weighted by Gasteiger charge is 2.76. The SMILES string of the molecule is CN(C)C(=O)OC[C@@H]1NC(N)=[N+]2C[C@H](OOO)C(O)(O)[C@@]23NC(N)=N[C@@H]13. The molecule has 1 amide bonds. The van der Waals surface area contributed by atoms with Crippen LogP contribution >= 0.6 is 0 Å². The maximum Gasteiger partial charge on any atom is 0.409 e. The van der Waals surface area contributed by atoms with Gasteiger partial charge >= 0.3 is 12.1 Å². The first-order valence-corrected chi connectivity index (χ1v) is 7.69. The van der Waals surface area contributed by atoms with Crippen molar-refractivity contribution in [2.75, 3.05) is 27.2 Å². The molecule has 3 heterocycles. The van der Waals surface area contributed by atoms with Crippen LogP contribution in [0.25, 0.3) is 0 Å². The summed E-state index contributed by atoms with van der Waals surface area (Å²) in [6.45, 7) is -0.336. The number of aliphatic hydroxyl groups is 2. The van der Waals surface area contributed by atoms with E-state index in [9.17, 15) is 15.0 Å². The molecule has 14 nitrogen and oxygen atoms in total. The molecule has 0 aromatic rings. The van der Waals surface area contributed by atoms with Gasteiger partial charge in [0.15, 0.2) is 18.1 Å². The van der Waals surface area contributed by atoms with Crippen molar-refractivity contribution < 1.29 is 39.5 Å². The van der Waals surface area contributed by atoms with Crippen molar-refractivity contribution >= 4 is 18.0 Å². The van der Waals surface area contributed by atoms with Gasteiger partial charge in [-0.15, -0.1) is 0 Å². The van der Waals surface area contributed by atoms with Crippen molar-refractivity contribution in [3.05, 3.63) is 0 Å². The summed E-state index contributed by atoms with van der Waals surface area (Å²) in [5.41, 5.74) is 10.1. The van der Waals surface area contributed by atoms with Gasteiger partial charge in [0, 0.05) is 14.1 Å². The standard InChI is InChI=1S/C12H21N7O7/c1-18(2)10(20)24-4-5-7-11(17-8(13)16-7)12(21,22)6(25-26-23)3-19(11)9(14)15-5/h5-7,21-22H,3-4H2,1-2H3,(H6,13,14,15,16,17,23)/p+1/t5-,6-,7-,11-/m0/s1. The first-order chi connectivity index (χ1) is 12.1. The summed E-state index contributed by atoms with van der Waals surface area (Å²) in [4.78, 5) is 21.7. The molecule has 146 valence electrons. The normalized spacial score (nSPS) is 34.3. The number of nitrogens with two attached hydrogens (primary N) is 2. The van der Waals surface area contributed by atoms with Crippen LogP contribution in [0.15, 0.2) is 4.99 Å². The number of nitrogens with one attached hydrogen (secondary N) is 2. The Labute approximate surface area is 147 Å². The first kappa shape index (κ1) is 18.4. The zero-order chi connectivity index (χ0) is 19.3. The van der Waals surface area contributed by atoms with Crippen molar-refractivity contribution in [2.45, 2.75) is 29.6 Å². The van der Waals surface area contributed by atoms with E-state index in [1.54, 1.807) is 0 Å². The summed E-state index contributed by atoms with van der Waals surface area (Å²) in [5, 5.41) is 39.3. The fourth-order valence-corrected chi connectivity index (χ4v) is 3.55. The summed E-state index contributed by atoms with van der Waals surface area (Å²) < 4.78 is 6.52. The number of hydrogen-bond donors (Lipinski definition) is 7. The highest BCUT2D eigenvalue weighted by Crippen LogP contribution is 2.42. The Balaban J connectivity index is 1.96. The average molecular weight is 376 g/mol. The second-order valence-corrected chi connectivity index (χ2v) is 6.45. The summed E-state index contributed by atoms with van der Waals surface area (Å²) >= 11 is 0. The topological polar surface area (TPSA) is 200 Å². The lowest BCUT2D eigenvalue weighted by Crippen LogP contribution is -2.78. The number of hydrogen-bond acceptors (Lipinski definition) is 12. The number of amides is 1. The second kappa shape index (κ2) is 6.10. The van der Waals surface area contributed by atoms with Crippen molar-refractivity contribution in [2.24, 2.45) is 16.5 Å². The van der Waals surface area contributed by atoms with E-state index in [0.29, 0.717) is 0 Å². The Hall–Kier alpha value is -2.39. The van der Waals surface area contributed by atoms with Gasteiger partial charge in [0.05, 0.1) is 0 Å². The molecule has 26 heavy (non-hydrogen) atoms. The zero-order valence-corrected chi connectivity index (χ0v) is 14.1. The molecule has 1 fully saturated rings. The quantitative estimate of drug-likeness (QED) is 0.108. The van der Waals surface area contributed by atoms with E-state index >= 15 is 0 Å². The van der Waals surface area contributed by atoms with E-state index in [1.165, 1.54) is 23.6 Å². The fourth-order valence-electron chi connectivity index (χ4n) is 3.55. The number of aliphatic imine (C=N–C) groups is 1. The van der Waals surface area contributed by atoms with Gasteiger partial charge in [-0.25, -0.2) is 19.6 Å². The third-order valence-corrected chi connectivity index (χ3v) is 4.72. The Morgan fingerprint density at radius 2 is 2.15 bits per heavy atom. The first-order valence-electron chi connectivity index (χ1n) is 7.69. The third-order valence-electron chi connectivity index (χ3n) is 4.72. The minimum absolute atomic E-state index is 0.0427. The lowest BCUT2D eigenvalue weighted by molar-refractivity contribution is -0.624. The lowest BCUT2D eigenvalue weighted by atomic mass is 9.86. The van der Waals surface area contributed by atoms with Gasteiger partial charge in [-0.1, -0.05) is 5.04 Å². The van der Waals surface area contributed by atoms with Crippen LogP contribution in [0.1, 0.15) is 0 Å². The average Bonchev–Trinajstić information content (AvgIpc) is 3.02. The molecule has 4 atom stereocenters. The smallest absolute Gasteiger partial charge is 0.409 e. The Kier molecular flexibility index (Phi) is 4.32. The van der Waals surface area contributed by atoms with Gasteiger partial charge in [-0.3, -0.25) is 11.1 Å². The zero-order valence-electron chi connectivity index (χ0n) is 14.1. The van der Waals surface area contributed by atoms with Crippen LogP contribution in [0.4, 0.5) is 4.79 Å². The highest BCUT2D eigenvalue weighted by molar-refractivity contribution is 5.83. The van der Waals surface area contributed by atoms with Gasteiger partial charge in [0.2, 0.25) is 5.66 Å². The number of guanidine groups is 2. The third kappa shape index (κ3) is 2.42. The molecule has 0 unspecified atom stereocenters. The van der Waals surface area contributed by atoms with Crippen LogP contribution in [0, 0.1) is 0 Å². The fraction of sp³-hybridized carbons (Fsp3) is 0.750. The van der Waals surface area contributed by atoms with Gasteiger partial charge < -0.3 is 30.9 Å². The van der Waals surface area contributed by atoms with Gasteiger partial charge in [-0.2, -0.15) is 4.89 Å². The van der Waals surface area contributed by atoms with Crippen LogP contribution < -0.4 is 22.1 Å². The van der Waals surface area contributed by atoms with E-state index in [2.05, 4.69) is 25.6 Å². The lowest BCUT2D eigenvalue weighted by Gasteiger charge is -2.43. The minimum atomic E-state index is -2.62. The van der Waals surface area contributed by atoms with Crippen molar-refractivity contribution in [3.63, 3.8) is 0 Å². The van der Waals surface area contributed by atoms with E-state index in [1.807, 2.05) is 0 Å². The Morgan fingerprint density at radius 1 is 1.46 bits per heavy atom. The van der Waals surface area contributed by atoms with Gasteiger partial charge in [0.1, 0.15) is 19.2 Å². The number of rotatable bonds is 4. The molecule has 9 N–H and O–H groups in total. The molecule has 3 aliphatic heterocycles. The highest BCUT2D eigenvalue weighted by atomic mass is 17.5. The van der Waals surface area contributed by atoms with Crippen LogP contribution in [0.5, 0.6) is 0 Å². The molecule has 0 saturated carbocycles. The maximum absolute atomic E-state index is 11.7. The molecule has 0 radical (unpaired) electrons. The molecular formula is C12H22N7O7+. The van der Waals surface area contributed by atoms with Crippen molar-refractivity contribution in [1.82, 2.24) is 15.5 Å². The van der Waals surface area contributed by atoms with Crippen molar-refractivity contribution in [3.8, 4) is 0 Å². The monoisotopic (exact) mass is 376 g/mol. The van der Waals surface area contributed by atoms with E-state index in [4.69, 9.17) is 21.5 Å². The predicted molar refractivity (Wildman–Crippen MR) is 83.3 cm³/mol. The van der Waals surface area contributed by atoms with Crippen LogP contribution in [-0.4, -0.2) is 99.8 Å². The largest absolute Gasteiger partial charge is 0.446 e. The Morgan fingerprint density at radius 3 is 2.77 bits per heavy atom. The van der Waals surface area contributed by atoms with Crippen LogP contribution in [0.2, 0.25) is 0 Å². The molecule has 0 aromatic heterocycles. The summed E-state index contributed by atoms with van der Waals surface area (Å²) in [5.74, 6) is -2.65. The van der Waals surface area contributed by atoms with Crippen molar-refractivity contribution in [1.29, 1.82) is 0 Å². The molecule has 1 saturated heterocycles. The second-order valence-electron chi connectivity index (χ2n) is 6.45. The molecule has 14 heteroatoms. The summed E-state index contributed by atoms with van der Waals surface area (Å²) in [7, 11) is 3.04. The molecular weight excluding hydrogens is 354 g/mol. The van der Waals surface area contributed by atoms with E-state index < -0.39 is 35.7 Å². The van der Waals surface area contributed by atoms with E-state index in [-0.39, 0.29) is 25.1 Å². The maximum atomic E-state index is 11.7. The molecule has 1 spiro atoms. The number of ether oxygens (including phenoxy) is 1. The molecule has 0 aromatic carbocycles. The van der Waals surface area contributed by atoms with Crippen LogP contribution in [0.3, 0.4) is 0 Å². The molecule has 3 rings (SSSR count). The summed E-state index contributed by atoms with van der Waals surface area (Å²) in [6, 6.07) is -1.65. The summed E-state index contributed by atoms with van der Waals surface area (Å²) in [6.07, 6.45) is -2.00. The molecule has 3 aliphatic rings. The molecule has 0 aliphatic carbocycles. The number of carbonyl (C=O) groups is 1. The van der Waals surface area contributed by atoms with Gasteiger partial charge in [0.25, 0.3) is 5.79 Å². The van der Waals surface area contributed by atoms with Crippen LogP contribution in [-0.2, 0) is 14.7 Å². The number of carbonyl (C=O) groups excluding carboxylic acids is 1. The van der Waals surface area contributed by atoms with E-state index in [0.717, 1.165) is 0 Å².